The summed E-state index contributed by atoms with van der Waals surface area (Å²) in [6, 6.07) is 9.17. The van der Waals surface area contributed by atoms with Crippen LogP contribution in [-0.2, 0) is 6.54 Å². The molecule has 0 radical (unpaired) electrons. The molecule has 0 bridgehead atoms. The second-order valence-corrected chi connectivity index (χ2v) is 6.04. The Morgan fingerprint density at radius 3 is 2.18 bits per heavy atom. The number of aliphatic hydroxyl groups excluding tert-OH is 1. The molecule has 28 heavy (non-hydrogen) atoms. The molecule has 8 heteroatoms. The third kappa shape index (κ3) is 5.83. The SMILES string of the molecule is COc1cc(C(=O)NCC(O)CNCc2ccc(F)cc2)cc(OC)c1OC. The molecule has 0 spiro atoms. The fourth-order valence-electron chi connectivity index (χ4n) is 2.58. The Bertz CT molecular complexity index is 758. The van der Waals surface area contributed by atoms with Crippen molar-refractivity contribution in [2.75, 3.05) is 34.4 Å². The van der Waals surface area contributed by atoms with Crippen LogP contribution < -0.4 is 24.8 Å². The number of nitrogens with one attached hydrogen (secondary N) is 2. The summed E-state index contributed by atoms with van der Waals surface area (Å²) >= 11 is 0. The Morgan fingerprint density at radius 2 is 1.64 bits per heavy atom. The lowest BCUT2D eigenvalue weighted by atomic mass is 10.1. The molecule has 0 aliphatic heterocycles. The van der Waals surface area contributed by atoms with Crippen LogP contribution in [0.3, 0.4) is 0 Å². The molecule has 0 aliphatic carbocycles. The molecule has 0 heterocycles. The second kappa shape index (κ2) is 10.5. The highest BCUT2D eigenvalue weighted by Gasteiger charge is 2.17. The van der Waals surface area contributed by atoms with Crippen molar-refractivity contribution in [3.8, 4) is 17.2 Å². The Hall–Kier alpha value is -2.84. The lowest BCUT2D eigenvalue weighted by Gasteiger charge is -2.15. The van der Waals surface area contributed by atoms with E-state index in [2.05, 4.69) is 10.6 Å². The molecule has 152 valence electrons. The van der Waals surface area contributed by atoms with Gasteiger partial charge >= 0.3 is 0 Å². The van der Waals surface area contributed by atoms with Gasteiger partial charge in [0.1, 0.15) is 5.82 Å². The van der Waals surface area contributed by atoms with Gasteiger partial charge in [-0.3, -0.25) is 4.79 Å². The number of aliphatic hydroxyl groups is 1. The summed E-state index contributed by atoms with van der Waals surface area (Å²) in [5.41, 5.74) is 1.22. The van der Waals surface area contributed by atoms with Crippen LogP contribution in [0.15, 0.2) is 36.4 Å². The second-order valence-electron chi connectivity index (χ2n) is 6.04. The molecule has 0 aromatic heterocycles. The standard InChI is InChI=1S/C20H25FN2O5/c1-26-17-8-14(9-18(27-2)19(17)28-3)20(25)23-12-16(24)11-22-10-13-4-6-15(21)7-5-13/h4-9,16,22,24H,10-12H2,1-3H3,(H,23,25). The summed E-state index contributed by atoms with van der Waals surface area (Å²) < 4.78 is 28.6. The zero-order chi connectivity index (χ0) is 20.5. The predicted molar refractivity (Wildman–Crippen MR) is 103 cm³/mol. The molecule has 1 unspecified atom stereocenters. The largest absolute Gasteiger partial charge is 0.493 e. The van der Waals surface area contributed by atoms with E-state index in [1.54, 1.807) is 12.1 Å². The highest BCUT2D eigenvalue weighted by atomic mass is 19.1. The van der Waals surface area contributed by atoms with Gasteiger partial charge in [-0.15, -0.1) is 0 Å². The van der Waals surface area contributed by atoms with Crippen LogP contribution in [0.25, 0.3) is 0 Å². The van der Waals surface area contributed by atoms with Crippen molar-refractivity contribution in [3.05, 3.63) is 53.3 Å². The van der Waals surface area contributed by atoms with Gasteiger partial charge in [-0.2, -0.15) is 0 Å². The summed E-state index contributed by atoms with van der Waals surface area (Å²) in [6.07, 6.45) is -0.786. The van der Waals surface area contributed by atoms with E-state index in [1.165, 1.54) is 45.6 Å². The Labute approximate surface area is 163 Å². The van der Waals surface area contributed by atoms with Crippen LogP contribution in [0.5, 0.6) is 17.2 Å². The van der Waals surface area contributed by atoms with E-state index < -0.39 is 6.10 Å². The first-order valence-electron chi connectivity index (χ1n) is 8.70. The summed E-state index contributed by atoms with van der Waals surface area (Å²) in [5.74, 6) is 0.462. The Balaban J connectivity index is 1.86. The van der Waals surface area contributed by atoms with Crippen LogP contribution in [0, 0.1) is 5.82 Å². The Kier molecular flexibility index (Phi) is 8.03. The van der Waals surface area contributed by atoms with Crippen molar-refractivity contribution in [1.82, 2.24) is 10.6 Å². The monoisotopic (exact) mass is 392 g/mol. The number of halogens is 1. The van der Waals surface area contributed by atoms with Gasteiger partial charge in [0.05, 0.1) is 27.4 Å². The molecule has 0 fully saturated rings. The third-order valence-electron chi connectivity index (χ3n) is 4.05. The molecule has 7 nitrogen and oxygen atoms in total. The summed E-state index contributed by atoms with van der Waals surface area (Å²) in [5, 5.41) is 15.8. The molecule has 0 saturated heterocycles. The van der Waals surface area contributed by atoms with Crippen LogP contribution in [0.4, 0.5) is 4.39 Å². The lowest BCUT2D eigenvalue weighted by Crippen LogP contribution is -2.38. The van der Waals surface area contributed by atoms with Gasteiger partial charge in [-0.05, 0) is 29.8 Å². The van der Waals surface area contributed by atoms with Crippen molar-refractivity contribution in [1.29, 1.82) is 0 Å². The number of ether oxygens (including phenoxy) is 3. The first kappa shape index (κ1) is 21.5. The summed E-state index contributed by atoms with van der Waals surface area (Å²) in [7, 11) is 4.42. The van der Waals surface area contributed by atoms with Crippen molar-refractivity contribution < 1.29 is 28.5 Å². The average molecular weight is 392 g/mol. The van der Waals surface area contributed by atoms with Gasteiger partial charge in [-0.25, -0.2) is 4.39 Å². The van der Waals surface area contributed by atoms with E-state index in [4.69, 9.17) is 14.2 Å². The molecular weight excluding hydrogens is 367 g/mol. The average Bonchev–Trinajstić information content (AvgIpc) is 2.72. The fourth-order valence-corrected chi connectivity index (χ4v) is 2.58. The highest BCUT2D eigenvalue weighted by molar-refractivity contribution is 5.95. The van der Waals surface area contributed by atoms with E-state index in [1.807, 2.05) is 0 Å². The van der Waals surface area contributed by atoms with Gasteiger partial charge < -0.3 is 30.0 Å². The fraction of sp³-hybridized carbons (Fsp3) is 0.350. The maximum atomic E-state index is 12.9. The van der Waals surface area contributed by atoms with Crippen molar-refractivity contribution in [2.24, 2.45) is 0 Å². The topological polar surface area (TPSA) is 89.1 Å². The van der Waals surface area contributed by atoms with Crippen molar-refractivity contribution in [3.63, 3.8) is 0 Å². The van der Waals surface area contributed by atoms with Crippen LogP contribution in [0.2, 0.25) is 0 Å². The van der Waals surface area contributed by atoms with Crippen LogP contribution in [0.1, 0.15) is 15.9 Å². The molecule has 1 atom stereocenters. The minimum atomic E-state index is -0.786. The first-order valence-corrected chi connectivity index (χ1v) is 8.70. The van der Waals surface area contributed by atoms with Gasteiger partial charge in [0, 0.05) is 25.2 Å². The minimum absolute atomic E-state index is 0.0614. The molecule has 2 aromatic rings. The van der Waals surface area contributed by atoms with Gasteiger partial charge in [-0.1, -0.05) is 12.1 Å². The van der Waals surface area contributed by atoms with E-state index >= 15 is 0 Å². The Morgan fingerprint density at radius 1 is 1.04 bits per heavy atom. The maximum absolute atomic E-state index is 12.9. The minimum Gasteiger partial charge on any atom is -0.493 e. The quantitative estimate of drug-likeness (QED) is 0.571. The van der Waals surface area contributed by atoms with E-state index in [-0.39, 0.29) is 24.8 Å². The normalized spacial score (nSPS) is 11.6. The number of amides is 1. The van der Waals surface area contributed by atoms with Crippen LogP contribution in [-0.4, -0.2) is 51.5 Å². The van der Waals surface area contributed by atoms with Gasteiger partial charge in [0.2, 0.25) is 5.75 Å². The van der Waals surface area contributed by atoms with E-state index in [0.717, 1.165) is 5.56 Å². The van der Waals surface area contributed by atoms with Gasteiger partial charge in [0.15, 0.2) is 11.5 Å². The molecule has 2 rings (SSSR count). The summed E-state index contributed by atoms with van der Waals surface area (Å²) in [4.78, 5) is 12.4. The number of rotatable bonds is 10. The zero-order valence-corrected chi connectivity index (χ0v) is 16.1. The number of benzene rings is 2. The lowest BCUT2D eigenvalue weighted by molar-refractivity contribution is 0.0914. The molecule has 1 amide bonds. The molecule has 0 aliphatic rings. The van der Waals surface area contributed by atoms with Crippen molar-refractivity contribution >= 4 is 5.91 Å². The van der Waals surface area contributed by atoms with Gasteiger partial charge in [0.25, 0.3) is 5.91 Å². The number of hydrogen-bond acceptors (Lipinski definition) is 6. The third-order valence-corrected chi connectivity index (χ3v) is 4.05. The maximum Gasteiger partial charge on any atom is 0.251 e. The van der Waals surface area contributed by atoms with E-state index in [0.29, 0.717) is 29.4 Å². The molecular formula is C20H25FN2O5. The zero-order valence-electron chi connectivity index (χ0n) is 16.1. The summed E-state index contributed by atoms with van der Waals surface area (Å²) in [6.45, 7) is 0.816. The molecule has 0 saturated carbocycles. The highest BCUT2D eigenvalue weighted by Crippen LogP contribution is 2.38. The number of methoxy groups -OCH3 is 3. The predicted octanol–water partition coefficient (Wildman–Crippen LogP) is 1.73. The number of carbonyl (C=O) groups is 1. The van der Waals surface area contributed by atoms with Crippen LogP contribution >= 0.6 is 0 Å². The molecule has 2 aromatic carbocycles. The van der Waals surface area contributed by atoms with E-state index in [9.17, 15) is 14.3 Å². The number of carbonyl (C=O) groups excluding carboxylic acids is 1. The first-order chi connectivity index (χ1) is 13.5. The van der Waals surface area contributed by atoms with Crippen molar-refractivity contribution in [2.45, 2.75) is 12.6 Å². The smallest absolute Gasteiger partial charge is 0.251 e. The molecule has 3 N–H and O–H groups in total. The number of hydrogen-bond donors (Lipinski definition) is 3.